The molecule has 0 aliphatic carbocycles. The third kappa shape index (κ3) is 3.01. The molecule has 5 aromatic rings. The first-order valence-electron chi connectivity index (χ1n) is 9.76. The van der Waals surface area contributed by atoms with Crippen molar-refractivity contribution in [2.24, 2.45) is 7.05 Å². The fourth-order valence-electron chi connectivity index (χ4n) is 4.13. The van der Waals surface area contributed by atoms with Crippen LogP contribution in [0.3, 0.4) is 0 Å². The van der Waals surface area contributed by atoms with Gasteiger partial charge in [-0.2, -0.15) is 4.57 Å². The Kier molecular flexibility index (Phi) is 4.21. The number of pyridine rings is 1. The molecule has 29 heavy (non-hydrogen) atoms. The quantitative estimate of drug-likeness (QED) is 0.313. The predicted octanol–water partition coefficient (Wildman–Crippen LogP) is 5.17. The van der Waals surface area contributed by atoms with Gasteiger partial charge in [0, 0.05) is 29.4 Å². The molecular formula is C26H21N2O+. The van der Waals surface area contributed by atoms with E-state index in [1.165, 1.54) is 5.39 Å². The first-order chi connectivity index (χ1) is 14.2. The summed E-state index contributed by atoms with van der Waals surface area (Å²) in [6.45, 7) is 0.304. The fourth-order valence-corrected chi connectivity index (χ4v) is 4.13. The summed E-state index contributed by atoms with van der Waals surface area (Å²) in [7, 11) is 2.03. The number of para-hydroxylation sites is 1. The summed E-state index contributed by atoms with van der Waals surface area (Å²) in [6, 6.07) is 28.5. The van der Waals surface area contributed by atoms with Crippen molar-refractivity contribution in [1.29, 1.82) is 0 Å². The highest BCUT2D eigenvalue weighted by Crippen LogP contribution is 2.33. The first kappa shape index (κ1) is 17.4. The monoisotopic (exact) mass is 377 g/mol. The van der Waals surface area contributed by atoms with Crippen molar-refractivity contribution in [3.05, 3.63) is 103 Å². The van der Waals surface area contributed by atoms with Crippen LogP contribution in [-0.4, -0.2) is 10.4 Å². The standard InChI is InChI=1S/C26H21N2O/c1-27-23-14-8-7-13-22(23)25(26(27)20-10-3-2-4-11-20)24(29)18-28-16-15-19-9-5-6-12-21(19)17-28/h2-17H,18H2,1H3/q+1. The molecule has 0 spiro atoms. The second kappa shape index (κ2) is 7.02. The normalized spacial score (nSPS) is 11.2. The molecule has 0 amide bonds. The van der Waals surface area contributed by atoms with E-state index in [0.717, 1.165) is 33.1 Å². The van der Waals surface area contributed by atoms with Crippen molar-refractivity contribution in [2.45, 2.75) is 6.54 Å². The van der Waals surface area contributed by atoms with E-state index in [9.17, 15) is 4.79 Å². The number of hydrogen-bond donors (Lipinski definition) is 0. The van der Waals surface area contributed by atoms with E-state index in [2.05, 4.69) is 41.0 Å². The summed E-state index contributed by atoms with van der Waals surface area (Å²) in [5, 5.41) is 3.30. The molecular weight excluding hydrogens is 356 g/mol. The van der Waals surface area contributed by atoms with E-state index in [4.69, 9.17) is 0 Å². The molecule has 0 radical (unpaired) electrons. The van der Waals surface area contributed by atoms with Gasteiger partial charge in [-0.1, -0.05) is 66.7 Å². The Labute approximate surface area is 169 Å². The van der Waals surface area contributed by atoms with Crippen LogP contribution in [-0.2, 0) is 13.6 Å². The van der Waals surface area contributed by atoms with E-state index in [1.807, 2.05) is 72.5 Å². The molecule has 2 aromatic heterocycles. The van der Waals surface area contributed by atoms with Crippen molar-refractivity contribution in [3.8, 4) is 11.3 Å². The van der Waals surface area contributed by atoms with Gasteiger partial charge in [0.15, 0.2) is 12.4 Å². The molecule has 2 heterocycles. The number of benzene rings is 3. The smallest absolute Gasteiger partial charge is 0.230 e. The molecule has 5 rings (SSSR count). The minimum Gasteiger partial charge on any atom is -0.343 e. The van der Waals surface area contributed by atoms with Crippen molar-refractivity contribution >= 4 is 27.5 Å². The van der Waals surface area contributed by atoms with Crippen LogP contribution in [0.25, 0.3) is 32.9 Å². The first-order valence-corrected chi connectivity index (χ1v) is 9.76. The second-order valence-electron chi connectivity index (χ2n) is 7.34. The van der Waals surface area contributed by atoms with Gasteiger partial charge in [0.25, 0.3) is 0 Å². The Morgan fingerprint density at radius 1 is 0.828 bits per heavy atom. The number of aryl methyl sites for hydroxylation is 1. The highest BCUT2D eigenvalue weighted by atomic mass is 16.1. The van der Waals surface area contributed by atoms with Crippen molar-refractivity contribution < 1.29 is 9.36 Å². The van der Waals surface area contributed by atoms with Crippen LogP contribution in [0.1, 0.15) is 10.4 Å². The molecule has 3 heteroatoms. The molecule has 0 atom stereocenters. The number of carbonyl (C=O) groups excluding carboxylic acids is 1. The zero-order valence-corrected chi connectivity index (χ0v) is 16.2. The van der Waals surface area contributed by atoms with Gasteiger partial charge in [-0.15, -0.1) is 0 Å². The van der Waals surface area contributed by atoms with Crippen molar-refractivity contribution in [3.63, 3.8) is 0 Å². The largest absolute Gasteiger partial charge is 0.343 e. The fraction of sp³-hybridized carbons (Fsp3) is 0.0769. The van der Waals surface area contributed by atoms with Crippen LogP contribution in [0.2, 0.25) is 0 Å². The molecule has 0 bridgehead atoms. The van der Waals surface area contributed by atoms with Gasteiger partial charge in [0.2, 0.25) is 12.3 Å². The average Bonchev–Trinajstić information content (AvgIpc) is 3.07. The van der Waals surface area contributed by atoms with Gasteiger partial charge in [-0.25, -0.2) is 0 Å². The highest BCUT2D eigenvalue weighted by Gasteiger charge is 2.24. The van der Waals surface area contributed by atoms with Gasteiger partial charge in [0.05, 0.1) is 11.3 Å². The number of hydrogen-bond acceptors (Lipinski definition) is 1. The SMILES string of the molecule is Cn1c(-c2ccccc2)c(C(=O)C[n+]2ccc3ccccc3c2)c2ccccc21. The maximum Gasteiger partial charge on any atom is 0.230 e. The topological polar surface area (TPSA) is 25.9 Å². The maximum absolute atomic E-state index is 13.5. The maximum atomic E-state index is 13.5. The van der Waals surface area contributed by atoms with E-state index in [-0.39, 0.29) is 5.78 Å². The van der Waals surface area contributed by atoms with E-state index in [1.54, 1.807) is 0 Å². The van der Waals surface area contributed by atoms with Gasteiger partial charge < -0.3 is 4.57 Å². The Balaban J connectivity index is 1.64. The Morgan fingerprint density at radius 3 is 2.34 bits per heavy atom. The molecule has 0 unspecified atom stereocenters. The summed E-state index contributed by atoms with van der Waals surface area (Å²) in [4.78, 5) is 13.5. The van der Waals surface area contributed by atoms with Crippen LogP contribution in [0.5, 0.6) is 0 Å². The molecule has 3 nitrogen and oxygen atoms in total. The minimum atomic E-state index is 0.112. The lowest BCUT2D eigenvalue weighted by Crippen LogP contribution is -2.37. The van der Waals surface area contributed by atoms with Crippen LogP contribution >= 0.6 is 0 Å². The lowest BCUT2D eigenvalue weighted by molar-refractivity contribution is -0.681. The van der Waals surface area contributed by atoms with Gasteiger partial charge >= 0.3 is 0 Å². The second-order valence-corrected chi connectivity index (χ2v) is 7.34. The molecule has 0 aliphatic heterocycles. The third-order valence-electron chi connectivity index (χ3n) is 5.51. The molecule has 0 saturated heterocycles. The van der Waals surface area contributed by atoms with Crippen LogP contribution in [0.4, 0.5) is 0 Å². The number of fused-ring (bicyclic) bond motifs is 2. The molecule has 3 aromatic carbocycles. The Hall–Kier alpha value is -3.72. The predicted molar refractivity (Wildman–Crippen MR) is 117 cm³/mol. The van der Waals surface area contributed by atoms with Crippen molar-refractivity contribution in [1.82, 2.24) is 4.57 Å². The van der Waals surface area contributed by atoms with Gasteiger partial charge in [-0.05, 0) is 23.1 Å². The molecule has 140 valence electrons. The summed E-state index contributed by atoms with van der Waals surface area (Å²) >= 11 is 0. The molecule has 0 aliphatic rings. The van der Waals surface area contributed by atoms with Gasteiger partial charge in [0.1, 0.15) is 0 Å². The number of rotatable bonds is 4. The van der Waals surface area contributed by atoms with Crippen molar-refractivity contribution in [2.75, 3.05) is 0 Å². The molecule has 0 fully saturated rings. The zero-order chi connectivity index (χ0) is 19.8. The summed E-state index contributed by atoms with van der Waals surface area (Å²) in [5.41, 5.74) is 3.88. The number of carbonyl (C=O) groups is 1. The zero-order valence-electron chi connectivity index (χ0n) is 16.2. The summed E-state index contributed by atoms with van der Waals surface area (Å²) in [5.74, 6) is 0.112. The number of ketones is 1. The Bertz CT molecular complexity index is 1350. The molecule has 0 N–H and O–H groups in total. The summed E-state index contributed by atoms with van der Waals surface area (Å²) in [6.07, 6.45) is 4.02. The number of nitrogens with zero attached hydrogens (tertiary/aromatic N) is 2. The lowest BCUT2D eigenvalue weighted by Gasteiger charge is -2.07. The average molecular weight is 377 g/mol. The minimum absolute atomic E-state index is 0.112. The van der Waals surface area contributed by atoms with Crippen LogP contribution < -0.4 is 4.57 Å². The van der Waals surface area contributed by atoms with E-state index < -0.39 is 0 Å². The number of aromatic nitrogens is 2. The molecule has 0 saturated carbocycles. The van der Waals surface area contributed by atoms with Crippen LogP contribution in [0.15, 0.2) is 97.3 Å². The Morgan fingerprint density at radius 2 is 1.52 bits per heavy atom. The van der Waals surface area contributed by atoms with E-state index in [0.29, 0.717) is 6.54 Å². The van der Waals surface area contributed by atoms with Crippen LogP contribution in [0, 0.1) is 0 Å². The highest BCUT2D eigenvalue weighted by molar-refractivity contribution is 6.13. The van der Waals surface area contributed by atoms with Gasteiger partial charge in [-0.3, -0.25) is 4.79 Å². The third-order valence-corrected chi connectivity index (χ3v) is 5.51. The summed E-state index contributed by atoms with van der Waals surface area (Å²) < 4.78 is 4.10. The number of Topliss-reactive ketones (excluding diaryl/α,β-unsaturated/α-hetero) is 1. The van der Waals surface area contributed by atoms with E-state index >= 15 is 0 Å². The lowest BCUT2D eigenvalue weighted by atomic mass is 10.0.